The normalized spacial score (nSPS) is 12.8. The summed E-state index contributed by atoms with van der Waals surface area (Å²) in [4.78, 5) is 10.4. The number of rotatable bonds is 5. The molecule has 0 unspecified atom stereocenters. The molecule has 0 bridgehead atoms. The van der Waals surface area contributed by atoms with Gasteiger partial charge in [-0.3, -0.25) is 4.79 Å². The van der Waals surface area contributed by atoms with E-state index in [1.54, 1.807) is 0 Å². The fraction of sp³-hybridized carbons (Fsp3) is 0.500. The Morgan fingerprint density at radius 1 is 1.38 bits per heavy atom. The minimum Gasteiger partial charge on any atom is -0.380 e. The van der Waals surface area contributed by atoms with Gasteiger partial charge in [0.05, 0.1) is 6.54 Å². The molecule has 3 N–H and O–H groups in total. The van der Waals surface area contributed by atoms with Gasteiger partial charge in [-0.15, -0.1) is 0 Å². The van der Waals surface area contributed by atoms with Crippen molar-refractivity contribution in [2.75, 3.05) is 6.54 Å². The van der Waals surface area contributed by atoms with Crippen molar-refractivity contribution in [3.05, 3.63) is 23.4 Å². The number of allylic oxidation sites excluding steroid dienone is 4. The fourth-order valence-corrected chi connectivity index (χ4v) is 0.671. The van der Waals surface area contributed by atoms with Crippen LogP contribution < -0.4 is 11.1 Å². The van der Waals surface area contributed by atoms with Gasteiger partial charge in [0.25, 0.3) is 0 Å². The Hall–Kier alpha value is -1.25. The highest BCUT2D eigenvalue weighted by Gasteiger charge is 1.91. The van der Waals surface area contributed by atoms with Gasteiger partial charge in [0.15, 0.2) is 0 Å². The minimum absolute atomic E-state index is 0.196. The molecule has 0 aliphatic heterocycles. The monoisotopic (exact) mass is 182 g/mol. The van der Waals surface area contributed by atoms with Gasteiger partial charge in [-0.25, -0.2) is 0 Å². The van der Waals surface area contributed by atoms with Crippen LogP contribution >= 0.6 is 0 Å². The van der Waals surface area contributed by atoms with E-state index >= 15 is 0 Å². The molecule has 0 aliphatic rings. The molecule has 0 saturated carbocycles. The van der Waals surface area contributed by atoms with Crippen LogP contribution in [0, 0.1) is 0 Å². The lowest BCUT2D eigenvalue weighted by Gasteiger charge is -2.01. The highest BCUT2D eigenvalue weighted by Crippen LogP contribution is 1.99. The number of amides is 1. The molecule has 0 rings (SSSR count). The van der Waals surface area contributed by atoms with E-state index in [1.807, 2.05) is 19.1 Å². The van der Waals surface area contributed by atoms with Crippen molar-refractivity contribution >= 4 is 5.91 Å². The maximum absolute atomic E-state index is 10.4. The van der Waals surface area contributed by atoms with E-state index in [2.05, 4.69) is 19.2 Å². The molecule has 1 amide bonds. The van der Waals surface area contributed by atoms with Crippen LogP contribution in [-0.4, -0.2) is 12.5 Å². The number of nitrogens with two attached hydrogens (primary N) is 1. The highest BCUT2D eigenvalue weighted by atomic mass is 16.1. The first-order valence-electron chi connectivity index (χ1n) is 4.42. The Labute approximate surface area is 79.7 Å². The Balaban J connectivity index is 3.95. The summed E-state index contributed by atoms with van der Waals surface area (Å²) < 4.78 is 0. The van der Waals surface area contributed by atoms with Crippen molar-refractivity contribution in [2.45, 2.75) is 27.2 Å². The van der Waals surface area contributed by atoms with Crippen molar-refractivity contribution in [3.8, 4) is 0 Å². The molecular formula is C10H18N2O. The van der Waals surface area contributed by atoms with Crippen LogP contribution in [0.5, 0.6) is 0 Å². The van der Waals surface area contributed by atoms with Crippen molar-refractivity contribution in [3.63, 3.8) is 0 Å². The topological polar surface area (TPSA) is 55.1 Å². The summed E-state index contributed by atoms with van der Waals surface area (Å²) in [6.45, 7) is 6.27. The SMILES string of the molecule is CC/C(C)=C\C=C(/C)NCC(N)=O. The molecule has 0 fully saturated rings. The second kappa shape index (κ2) is 6.29. The average molecular weight is 182 g/mol. The van der Waals surface area contributed by atoms with Crippen LogP contribution in [0.15, 0.2) is 23.4 Å². The predicted molar refractivity (Wildman–Crippen MR) is 55.0 cm³/mol. The molecule has 74 valence electrons. The van der Waals surface area contributed by atoms with Gasteiger partial charge in [-0.1, -0.05) is 18.6 Å². The maximum atomic E-state index is 10.4. The molecular weight excluding hydrogens is 164 g/mol. The van der Waals surface area contributed by atoms with Crippen LogP contribution in [0.2, 0.25) is 0 Å². The van der Waals surface area contributed by atoms with Crippen LogP contribution in [-0.2, 0) is 4.79 Å². The maximum Gasteiger partial charge on any atom is 0.236 e. The second-order valence-corrected chi connectivity index (χ2v) is 3.04. The fourth-order valence-electron chi connectivity index (χ4n) is 0.671. The number of nitrogens with one attached hydrogen (secondary N) is 1. The van der Waals surface area contributed by atoms with E-state index < -0.39 is 0 Å². The Kier molecular flexibility index (Phi) is 5.68. The first kappa shape index (κ1) is 11.8. The first-order chi connectivity index (χ1) is 6.06. The summed E-state index contributed by atoms with van der Waals surface area (Å²) >= 11 is 0. The van der Waals surface area contributed by atoms with E-state index in [1.165, 1.54) is 5.57 Å². The van der Waals surface area contributed by atoms with E-state index in [0.717, 1.165) is 12.1 Å². The third-order valence-corrected chi connectivity index (χ3v) is 1.72. The second-order valence-electron chi connectivity index (χ2n) is 3.04. The van der Waals surface area contributed by atoms with Crippen molar-refractivity contribution < 1.29 is 4.79 Å². The van der Waals surface area contributed by atoms with E-state index in [9.17, 15) is 4.79 Å². The minimum atomic E-state index is -0.344. The van der Waals surface area contributed by atoms with E-state index in [0.29, 0.717) is 0 Å². The molecule has 0 aromatic heterocycles. The zero-order valence-electron chi connectivity index (χ0n) is 8.55. The molecule has 0 radical (unpaired) electrons. The molecule has 0 saturated heterocycles. The Bertz CT molecular complexity index is 229. The van der Waals surface area contributed by atoms with Crippen LogP contribution in [0.4, 0.5) is 0 Å². The Morgan fingerprint density at radius 3 is 2.46 bits per heavy atom. The van der Waals surface area contributed by atoms with Crippen molar-refractivity contribution in [1.29, 1.82) is 0 Å². The lowest BCUT2D eigenvalue weighted by molar-refractivity contribution is -0.117. The summed E-state index contributed by atoms with van der Waals surface area (Å²) in [6, 6.07) is 0. The van der Waals surface area contributed by atoms with Gasteiger partial charge >= 0.3 is 0 Å². The Morgan fingerprint density at radius 2 is 2.00 bits per heavy atom. The number of primary amides is 1. The number of hydrogen-bond donors (Lipinski definition) is 2. The molecule has 0 aromatic rings. The highest BCUT2D eigenvalue weighted by molar-refractivity contribution is 5.76. The van der Waals surface area contributed by atoms with Crippen LogP contribution in [0.3, 0.4) is 0 Å². The van der Waals surface area contributed by atoms with E-state index in [-0.39, 0.29) is 12.5 Å². The number of hydrogen-bond acceptors (Lipinski definition) is 2. The third kappa shape index (κ3) is 7.12. The summed E-state index contributed by atoms with van der Waals surface area (Å²) in [5.74, 6) is -0.344. The molecule has 0 aliphatic carbocycles. The van der Waals surface area contributed by atoms with Gasteiger partial charge in [0.2, 0.25) is 5.91 Å². The van der Waals surface area contributed by atoms with E-state index in [4.69, 9.17) is 5.73 Å². The molecule has 13 heavy (non-hydrogen) atoms. The summed E-state index contributed by atoms with van der Waals surface area (Å²) in [5.41, 5.74) is 7.24. The van der Waals surface area contributed by atoms with Crippen molar-refractivity contribution in [2.24, 2.45) is 5.73 Å². The molecule has 0 spiro atoms. The predicted octanol–water partition coefficient (Wildman–Crippen LogP) is 1.32. The standard InChI is InChI=1S/C10H18N2O/c1-4-8(2)5-6-9(3)12-7-10(11)13/h5-6,12H,4,7H2,1-3H3,(H2,11,13)/b8-5-,9-6+. The third-order valence-electron chi connectivity index (χ3n) is 1.72. The molecule has 3 heteroatoms. The zero-order valence-corrected chi connectivity index (χ0v) is 8.55. The van der Waals surface area contributed by atoms with Crippen molar-refractivity contribution in [1.82, 2.24) is 5.32 Å². The molecule has 0 atom stereocenters. The summed E-state index contributed by atoms with van der Waals surface area (Å²) in [6.07, 6.45) is 5.02. The summed E-state index contributed by atoms with van der Waals surface area (Å²) in [5, 5.41) is 2.90. The lowest BCUT2D eigenvalue weighted by atomic mass is 10.2. The van der Waals surface area contributed by atoms with Crippen LogP contribution in [0.1, 0.15) is 27.2 Å². The number of carbonyl (C=O) groups excluding carboxylic acids is 1. The quantitative estimate of drug-likeness (QED) is 0.630. The number of carbonyl (C=O) groups is 1. The van der Waals surface area contributed by atoms with Gasteiger partial charge in [0.1, 0.15) is 0 Å². The van der Waals surface area contributed by atoms with Gasteiger partial charge in [0, 0.05) is 5.70 Å². The molecule has 3 nitrogen and oxygen atoms in total. The smallest absolute Gasteiger partial charge is 0.236 e. The van der Waals surface area contributed by atoms with Gasteiger partial charge in [-0.05, 0) is 26.3 Å². The average Bonchev–Trinajstić information content (AvgIpc) is 2.10. The lowest BCUT2D eigenvalue weighted by Crippen LogP contribution is -2.27. The summed E-state index contributed by atoms with van der Waals surface area (Å²) in [7, 11) is 0. The molecule has 0 aromatic carbocycles. The van der Waals surface area contributed by atoms with Crippen LogP contribution in [0.25, 0.3) is 0 Å². The molecule has 0 heterocycles. The largest absolute Gasteiger partial charge is 0.380 e. The zero-order chi connectivity index (χ0) is 10.3. The van der Waals surface area contributed by atoms with Gasteiger partial charge < -0.3 is 11.1 Å². The first-order valence-corrected chi connectivity index (χ1v) is 4.42. The van der Waals surface area contributed by atoms with Gasteiger partial charge in [-0.2, -0.15) is 0 Å².